The summed E-state index contributed by atoms with van der Waals surface area (Å²) in [6, 6.07) is 13.3. The van der Waals surface area contributed by atoms with Crippen LogP contribution < -0.4 is 14.8 Å². The van der Waals surface area contributed by atoms with Gasteiger partial charge in [-0.05, 0) is 42.8 Å². The van der Waals surface area contributed by atoms with E-state index in [9.17, 15) is 23.3 Å². The van der Waals surface area contributed by atoms with Crippen molar-refractivity contribution in [3.05, 3.63) is 64.7 Å². The number of carbonyl (C=O) groups is 2. The van der Waals surface area contributed by atoms with Crippen LogP contribution in [0.1, 0.15) is 28.4 Å². The molecule has 0 spiro atoms. The predicted octanol–water partition coefficient (Wildman–Crippen LogP) is 3.41. The molecule has 0 aliphatic carbocycles. The Bertz CT molecular complexity index is 1450. The fourth-order valence-electron chi connectivity index (χ4n) is 2.78. The lowest BCUT2D eigenvalue weighted by molar-refractivity contribution is -0.112. The third kappa shape index (κ3) is 6.28. The minimum atomic E-state index is -3.56. The number of nitriles is 1. The summed E-state index contributed by atoms with van der Waals surface area (Å²) >= 11 is 0.692. The van der Waals surface area contributed by atoms with E-state index in [4.69, 9.17) is 9.47 Å². The number of esters is 1. The van der Waals surface area contributed by atoms with E-state index in [1.807, 2.05) is 13.0 Å². The van der Waals surface area contributed by atoms with E-state index in [-0.39, 0.29) is 32.3 Å². The van der Waals surface area contributed by atoms with Gasteiger partial charge in [-0.2, -0.15) is 5.26 Å². The number of hydrogen-bond acceptors (Lipinski definition) is 10. The third-order valence-electron chi connectivity index (χ3n) is 4.59. The molecule has 2 aromatic carbocycles. The van der Waals surface area contributed by atoms with Crippen molar-refractivity contribution in [2.24, 2.45) is 0 Å². The number of methoxy groups -OCH3 is 1. The molecule has 0 radical (unpaired) electrons. The van der Waals surface area contributed by atoms with Crippen molar-refractivity contribution in [2.75, 3.05) is 18.2 Å². The van der Waals surface area contributed by atoms with Crippen LogP contribution in [0.25, 0.3) is 6.08 Å². The molecule has 0 fully saturated rings. The van der Waals surface area contributed by atoms with Crippen molar-refractivity contribution >= 4 is 44.3 Å². The van der Waals surface area contributed by atoms with Crippen molar-refractivity contribution in [3.63, 3.8) is 0 Å². The maximum atomic E-state index is 12.5. The Balaban J connectivity index is 1.79. The monoisotopic (exact) mass is 512 g/mol. The smallest absolute Gasteiger partial charge is 0.343 e. The number of anilines is 1. The quantitative estimate of drug-likeness (QED) is 0.157. The molecule has 0 aliphatic rings. The summed E-state index contributed by atoms with van der Waals surface area (Å²) < 4.78 is 34.3. The van der Waals surface area contributed by atoms with Crippen LogP contribution in [0.2, 0.25) is 0 Å². The number of amides is 1. The number of ether oxygens (including phenoxy) is 2. The molecule has 0 unspecified atom stereocenters. The lowest BCUT2D eigenvalue weighted by atomic mass is 10.1. The summed E-state index contributed by atoms with van der Waals surface area (Å²) in [7, 11) is -2.17. The van der Waals surface area contributed by atoms with Crippen LogP contribution in [0, 0.1) is 18.3 Å². The normalized spacial score (nSPS) is 11.4. The highest BCUT2D eigenvalue weighted by Gasteiger charge is 2.20. The maximum Gasteiger partial charge on any atom is 0.343 e. The highest BCUT2D eigenvalue weighted by Crippen LogP contribution is 2.30. The van der Waals surface area contributed by atoms with Crippen LogP contribution in [-0.2, 0) is 14.6 Å². The Hall–Kier alpha value is -4.08. The van der Waals surface area contributed by atoms with Crippen LogP contribution in [0.15, 0.2) is 52.4 Å². The minimum absolute atomic E-state index is 0.0563. The molecule has 0 bridgehead atoms. The molecular weight excluding hydrogens is 492 g/mol. The van der Waals surface area contributed by atoms with Crippen LogP contribution in [0.5, 0.6) is 11.5 Å². The van der Waals surface area contributed by atoms with Gasteiger partial charge in [0.1, 0.15) is 11.6 Å². The van der Waals surface area contributed by atoms with Gasteiger partial charge in [0, 0.05) is 0 Å². The first-order chi connectivity index (χ1) is 16.7. The topological polar surface area (TPSA) is 148 Å². The first kappa shape index (κ1) is 25.5. The molecule has 0 aliphatic heterocycles. The molecule has 1 N–H and O–H groups in total. The van der Waals surface area contributed by atoms with Crippen LogP contribution in [0.4, 0.5) is 5.13 Å². The second-order valence-electron chi connectivity index (χ2n) is 7.07. The van der Waals surface area contributed by atoms with Gasteiger partial charge in [0.15, 0.2) is 11.5 Å². The van der Waals surface area contributed by atoms with E-state index in [2.05, 4.69) is 15.5 Å². The van der Waals surface area contributed by atoms with Gasteiger partial charge in [0.2, 0.25) is 19.3 Å². The van der Waals surface area contributed by atoms with E-state index in [0.717, 1.165) is 5.56 Å². The number of nitrogens with one attached hydrogen (secondary N) is 1. The van der Waals surface area contributed by atoms with Gasteiger partial charge in [-0.15, -0.1) is 10.2 Å². The summed E-state index contributed by atoms with van der Waals surface area (Å²) in [5.41, 5.74) is 1.44. The summed E-state index contributed by atoms with van der Waals surface area (Å²) in [5, 5.41) is 19.0. The number of sulfone groups is 1. The zero-order valence-corrected chi connectivity index (χ0v) is 20.6. The van der Waals surface area contributed by atoms with Crippen LogP contribution >= 0.6 is 11.3 Å². The second kappa shape index (κ2) is 10.9. The van der Waals surface area contributed by atoms with Gasteiger partial charge in [0.25, 0.3) is 5.91 Å². The van der Waals surface area contributed by atoms with Crippen LogP contribution in [-0.4, -0.2) is 43.4 Å². The molecule has 0 atom stereocenters. The standard InChI is InChI=1S/C23H20N4O6S2/c1-4-35(30,31)23-27-26-22(34-23)25-20(28)17(13-24)11-15-8-9-18(19(12-15)32-3)33-21(29)16-7-5-6-14(2)10-16/h5-12H,4H2,1-3H3,(H,25,26,28)/b17-11-. The number of nitrogens with zero attached hydrogens (tertiary/aromatic N) is 3. The highest BCUT2D eigenvalue weighted by molar-refractivity contribution is 7.93. The molecule has 12 heteroatoms. The molecule has 1 aromatic heterocycles. The molecule has 1 heterocycles. The third-order valence-corrected chi connectivity index (χ3v) is 7.61. The second-order valence-corrected chi connectivity index (χ2v) is 10.5. The van der Waals surface area contributed by atoms with Gasteiger partial charge in [0.05, 0.1) is 18.4 Å². The molecule has 3 aromatic rings. The molecule has 35 heavy (non-hydrogen) atoms. The molecular formula is C23H20N4O6S2. The van der Waals surface area contributed by atoms with Crippen molar-refractivity contribution in [2.45, 2.75) is 18.2 Å². The molecule has 10 nitrogen and oxygen atoms in total. The lowest BCUT2D eigenvalue weighted by Gasteiger charge is -2.10. The Kier molecular flexibility index (Phi) is 7.95. The van der Waals surface area contributed by atoms with Crippen molar-refractivity contribution in [1.29, 1.82) is 5.26 Å². The van der Waals surface area contributed by atoms with E-state index in [0.29, 0.717) is 22.5 Å². The Morgan fingerprint density at radius 1 is 1.17 bits per heavy atom. The van der Waals surface area contributed by atoms with E-state index >= 15 is 0 Å². The zero-order chi connectivity index (χ0) is 25.6. The van der Waals surface area contributed by atoms with E-state index in [1.54, 1.807) is 30.3 Å². The highest BCUT2D eigenvalue weighted by atomic mass is 32.2. The number of carbonyl (C=O) groups excluding carboxylic acids is 2. The predicted molar refractivity (Wildman–Crippen MR) is 129 cm³/mol. The fourth-order valence-corrected chi connectivity index (χ4v) is 4.76. The average molecular weight is 513 g/mol. The Morgan fingerprint density at radius 3 is 2.60 bits per heavy atom. The first-order valence-electron chi connectivity index (χ1n) is 10.1. The summed E-state index contributed by atoms with van der Waals surface area (Å²) in [5.74, 6) is -1.13. The summed E-state index contributed by atoms with van der Waals surface area (Å²) in [6.07, 6.45) is 1.30. The minimum Gasteiger partial charge on any atom is -0.493 e. The maximum absolute atomic E-state index is 12.5. The van der Waals surface area contributed by atoms with Gasteiger partial charge in [-0.1, -0.05) is 42.0 Å². The number of benzene rings is 2. The SMILES string of the molecule is CCS(=O)(=O)c1nnc(NC(=O)/C(C#N)=C\c2ccc(OC(=O)c3cccc(C)c3)c(OC)c2)s1. The molecule has 0 saturated carbocycles. The Morgan fingerprint density at radius 2 is 1.94 bits per heavy atom. The summed E-state index contributed by atoms with van der Waals surface area (Å²) in [4.78, 5) is 25.0. The van der Waals surface area contributed by atoms with Crippen molar-refractivity contribution < 1.29 is 27.5 Å². The van der Waals surface area contributed by atoms with E-state index in [1.165, 1.54) is 32.2 Å². The van der Waals surface area contributed by atoms with Gasteiger partial charge < -0.3 is 9.47 Å². The van der Waals surface area contributed by atoms with Crippen molar-refractivity contribution in [3.8, 4) is 17.6 Å². The summed E-state index contributed by atoms with van der Waals surface area (Å²) in [6.45, 7) is 3.33. The molecule has 3 rings (SSSR count). The Labute approximate surface area is 205 Å². The van der Waals surface area contributed by atoms with Crippen molar-refractivity contribution in [1.82, 2.24) is 10.2 Å². The zero-order valence-electron chi connectivity index (χ0n) is 18.9. The number of rotatable bonds is 8. The largest absolute Gasteiger partial charge is 0.493 e. The van der Waals surface area contributed by atoms with Gasteiger partial charge in [-0.25, -0.2) is 13.2 Å². The average Bonchev–Trinajstić information content (AvgIpc) is 3.32. The van der Waals surface area contributed by atoms with Gasteiger partial charge >= 0.3 is 5.97 Å². The lowest BCUT2D eigenvalue weighted by Crippen LogP contribution is -2.13. The fraction of sp³-hybridized carbons (Fsp3) is 0.174. The number of hydrogen-bond donors (Lipinski definition) is 1. The molecule has 0 saturated heterocycles. The van der Waals surface area contributed by atoms with Gasteiger partial charge in [-0.3, -0.25) is 10.1 Å². The van der Waals surface area contributed by atoms with E-state index < -0.39 is 21.7 Å². The number of aryl methyl sites for hydroxylation is 1. The number of aromatic nitrogens is 2. The molecule has 1 amide bonds. The first-order valence-corrected chi connectivity index (χ1v) is 12.6. The molecule has 180 valence electrons. The van der Waals surface area contributed by atoms with Crippen LogP contribution in [0.3, 0.4) is 0 Å².